The molecule has 8 heteroatoms. The minimum absolute atomic E-state index is 0.0830. The van der Waals surface area contributed by atoms with E-state index in [0.29, 0.717) is 5.69 Å². The molecule has 3 rings (SSSR count). The number of thiophene rings is 1. The van der Waals surface area contributed by atoms with Crippen molar-refractivity contribution in [3.63, 3.8) is 0 Å². The summed E-state index contributed by atoms with van der Waals surface area (Å²) < 4.78 is 39.5. The second-order valence-corrected chi connectivity index (χ2v) is 6.37. The Morgan fingerprint density at radius 2 is 1.96 bits per heavy atom. The Labute approximate surface area is 137 Å². The van der Waals surface area contributed by atoms with Crippen LogP contribution in [0.1, 0.15) is 5.69 Å². The molecule has 3 aromatic rings. The van der Waals surface area contributed by atoms with E-state index in [1.165, 1.54) is 22.7 Å². The summed E-state index contributed by atoms with van der Waals surface area (Å²) in [5.74, 6) is -4.90. The molecule has 0 radical (unpaired) electrons. The average Bonchev–Trinajstić information content (AvgIpc) is 3.19. The molecule has 0 aliphatic carbocycles. The molecule has 0 bridgehead atoms. The molecule has 0 aliphatic rings. The van der Waals surface area contributed by atoms with Crippen LogP contribution in [0.2, 0.25) is 0 Å². The topological polar surface area (TPSA) is 42.0 Å². The second-order valence-electron chi connectivity index (χ2n) is 4.57. The summed E-state index contributed by atoms with van der Waals surface area (Å²) in [7, 11) is 0. The fourth-order valence-corrected chi connectivity index (χ4v) is 3.52. The fourth-order valence-electron chi connectivity index (χ4n) is 1.88. The first kappa shape index (κ1) is 15.7. The third-order valence-corrected chi connectivity index (χ3v) is 4.86. The fraction of sp³-hybridized carbons (Fsp3) is 0.0667. The van der Waals surface area contributed by atoms with Gasteiger partial charge in [-0.25, -0.2) is 18.2 Å². The van der Waals surface area contributed by atoms with E-state index < -0.39 is 29.0 Å². The van der Waals surface area contributed by atoms with E-state index in [1.54, 1.807) is 5.38 Å². The molecule has 23 heavy (non-hydrogen) atoms. The highest BCUT2D eigenvalue weighted by atomic mass is 32.1. The summed E-state index contributed by atoms with van der Waals surface area (Å²) >= 11 is 2.94. The van der Waals surface area contributed by atoms with Crippen molar-refractivity contribution >= 4 is 34.3 Å². The first-order chi connectivity index (χ1) is 11.0. The van der Waals surface area contributed by atoms with Gasteiger partial charge in [-0.2, -0.15) is 0 Å². The van der Waals surface area contributed by atoms with Crippen LogP contribution in [0.3, 0.4) is 0 Å². The van der Waals surface area contributed by atoms with Crippen LogP contribution in [-0.2, 0) is 11.2 Å². The number of aromatic nitrogens is 1. The Bertz CT molecular complexity index is 847. The number of hydrogen-bond acceptors (Lipinski definition) is 4. The number of nitrogens with one attached hydrogen (secondary N) is 1. The lowest BCUT2D eigenvalue weighted by molar-refractivity contribution is -0.115. The molecule has 2 aromatic heterocycles. The number of amides is 1. The molecule has 3 nitrogen and oxygen atoms in total. The van der Waals surface area contributed by atoms with Crippen molar-refractivity contribution in [1.82, 2.24) is 4.98 Å². The number of hydrogen-bond donors (Lipinski definition) is 1. The minimum Gasteiger partial charge on any atom is -0.323 e. The molecule has 0 fully saturated rings. The van der Waals surface area contributed by atoms with Gasteiger partial charge in [-0.05, 0) is 23.6 Å². The van der Waals surface area contributed by atoms with Crippen LogP contribution < -0.4 is 5.32 Å². The van der Waals surface area contributed by atoms with Gasteiger partial charge in [-0.15, -0.1) is 22.7 Å². The SMILES string of the molecule is O=C(Cc1csc(-c2cccs2)n1)Nc1ccc(F)c(F)c1F. The number of anilines is 1. The number of carbonyl (C=O) groups excluding carboxylic acids is 1. The van der Waals surface area contributed by atoms with Crippen molar-refractivity contribution in [3.05, 3.63) is 58.2 Å². The number of halogens is 3. The number of carbonyl (C=O) groups is 1. The van der Waals surface area contributed by atoms with Gasteiger partial charge in [0.1, 0.15) is 5.01 Å². The first-order valence-electron chi connectivity index (χ1n) is 6.46. The van der Waals surface area contributed by atoms with Crippen LogP contribution in [0.25, 0.3) is 9.88 Å². The largest absolute Gasteiger partial charge is 0.323 e. The molecule has 0 aliphatic heterocycles. The van der Waals surface area contributed by atoms with Crippen molar-refractivity contribution in [2.24, 2.45) is 0 Å². The van der Waals surface area contributed by atoms with Crippen LogP contribution in [0.4, 0.5) is 18.9 Å². The highest BCUT2D eigenvalue weighted by Crippen LogP contribution is 2.28. The van der Waals surface area contributed by atoms with Crippen LogP contribution in [0, 0.1) is 17.5 Å². The van der Waals surface area contributed by atoms with Gasteiger partial charge in [0.25, 0.3) is 0 Å². The Balaban J connectivity index is 1.69. The molecule has 0 atom stereocenters. The summed E-state index contributed by atoms with van der Waals surface area (Å²) in [5.41, 5.74) is 0.126. The van der Waals surface area contributed by atoms with E-state index in [9.17, 15) is 18.0 Å². The zero-order chi connectivity index (χ0) is 16.4. The van der Waals surface area contributed by atoms with Gasteiger partial charge in [0.2, 0.25) is 5.91 Å². The van der Waals surface area contributed by atoms with Gasteiger partial charge in [-0.3, -0.25) is 4.79 Å². The zero-order valence-electron chi connectivity index (χ0n) is 11.5. The number of thiazole rings is 1. The standard InChI is InChI=1S/C15H9F3N2OS2/c16-9-3-4-10(14(18)13(9)17)20-12(21)6-8-7-23-15(19-8)11-2-1-5-22-11/h1-5,7H,6H2,(H,20,21). The predicted molar refractivity (Wildman–Crippen MR) is 84.1 cm³/mol. The smallest absolute Gasteiger partial charge is 0.230 e. The van der Waals surface area contributed by atoms with E-state index in [1.807, 2.05) is 17.5 Å². The Kier molecular flexibility index (Phi) is 4.44. The molecule has 0 unspecified atom stereocenters. The molecule has 118 valence electrons. The van der Waals surface area contributed by atoms with Crippen molar-refractivity contribution < 1.29 is 18.0 Å². The monoisotopic (exact) mass is 354 g/mol. The van der Waals surface area contributed by atoms with Crippen LogP contribution >= 0.6 is 22.7 Å². The average molecular weight is 354 g/mol. The van der Waals surface area contributed by atoms with Gasteiger partial charge in [0.15, 0.2) is 17.5 Å². The van der Waals surface area contributed by atoms with E-state index >= 15 is 0 Å². The summed E-state index contributed by atoms with van der Waals surface area (Å²) in [6.07, 6.45) is -0.0830. The summed E-state index contributed by atoms with van der Waals surface area (Å²) in [6.45, 7) is 0. The van der Waals surface area contributed by atoms with Crippen LogP contribution in [0.5, 0.6) is 0 Å². The minimum atomic E-state index is -1.61. The van der Waals surface area contributed by atoms with Gasteiger partial charge >= 0.3 is 0 Å². The lowest BCUT2D eigenvalue weighted by Gasteiger charge is -2.06. The maximum Gasteiger partial charge on any atom is 0.230 e. The van der Waals surface area contributed by atoms with Crippen LogP contribution in [-0.4, -0.2) is 10.9 Å². The second kappa shape index (κ2) is 6.51. The van der Waals surface area contributed by atoms with E-state index in [2.05, 4.69) is 10.3 Å². The summed E-state index contributed by atoms with van der Waals surface area (Å²) in [6, 6.07) is 5.55. The quantitative estimate of drug-likeness (QED) is 0.703. The number of benzene rings is 1. The van der Waals surface area contributed by atoms with E-state index in [-0.39, 0.29) is 6.42 Å². The molecule has 1 aromatic carbocycles. The van der Waals surface area contributed by atoms with E-state index in [0.717, 1.165) is 22.0 Å². The Morgan fingerprint density at radius 1 is 1.13 bits per heavy atom. The predicted octanol–water partition coefficient (Wildman–Crippen LogP) is 4.47. The third kappa shape index (κ3) is 3.43. The molecular weight excluding hydrogens is 345 g/mol. The lowest BCUT2D eigenvalue weighted by Crippen LogP contribution is -2.16. The van der Waals surface area contributed by atoms with Crippen LogP contribution in [0.15, 0.2) is 35.0 Å². The molecular formula is C15H9F3N2OS2. The normalized spacial score (nSPS) is 10.7. The maximum absolute atomic E-state index is 13.5. The molecule has 1 N–H and O–H groups in total. The number of nitrogens with zero attached hydrogens (tertiary/aromatic N) is 1. The van der Waals surface area contributed by atoms with Crippen molar-refractivity contribution in [2.45, 2.75) is 6.42 Å². The van der Waals surface area contributed by atoms with Gasteiger partial charge in [0, 0.05) is 5.38 Å². The van der Waals surface area contributed by atoms with Crippen molar-refractivity contribution in [3.8, 4) is 9.88 Å². The van der Waals surface area contributed by atoms with E-state index in [4.69, 9.17) is 0 Å². The zero-order valence-corrected chi connectivity index (χ0v) is 13.1. The van der Waals surface area contributed by atoms with Crippen molar-refractivity contribution in [2.75, 3.05) is 5.32 Å². The summed E-state index contributed by atoms with van der Waals surface area (Å²) in [5, 5.41) is 6.67. The molecule has 0 spiro atoms. The lowest BCUT2D eigenvalue weighted by atomic mass is 10.2. The molecule has 1 amide bonds. The molecule has 0 saturated carbocycles. The first-order valence-corrected chi connectivity index (χ1v) is 8.22. The highest BCUT2D eigenvalue weighted by molar-refractivity contribution is 7.20. The third-order valence-electron chi connectivity index (χ3n) is 2.93. The highest BCUT2D eigenvalue weighted by Gasteiger charge is 2.16. The summed E-state index contributed by atoms with van der Waals surface area (Å²) in [4.78, 5) is 17.2. The van der Waals surface area contributed by atoms with Crippen molar-refractivity contribution in [1.29, 1.82) is 0 Å². The Morgan fingerprint density at radius 3 is 2.70 bits per heavy atom. The van der Waals surface area contributed by atoms with Gasteiger partial charge in [0.05, 0.1) is 22.7 Å². The molecule has 0 saturated heterocycles. The van der Waals surface area contributed by atoms with Gasteiger partial charge < -0.3 is 5.32 Å². The number of rotatable bonds is 4. The Hall–Kier alpha value is -2.19. The maximum atomic E-state index is 13.5. The molecule has 2 heterocycles. The van der Waals surface area contributed by atoms with Gasteiger partial charge in [-0.1, -0.05) is 6.07 Å².